The number of aliphatic hydroxyl groups is 1. The summed E-state index contributed by atoms with van der Waals surface area (Å²) in [5.74, 6) is 0.0705. The number of nitrogens with zero attached hydrogens (tertiary/aromatic N) is 1. The molecular formula is C15H19Cl2NO2. The molecule has 0 spiro atoms. The Morgan fingerprint density at radius 2 is 2.05 bits per heavy atom. The monoisotopic (exact) mass is 315 g/mol. The van der Waals surface area contributed by atoms with Crippen LogP contribution in [0.15, 0.2) is 18.2 Å². The van der Waals surface area contributed by atoms with E-state index >= 15 is 0 Å². The molecule has 5 heteroatoms. The Kier molecular flexibility index (Phi) is 4.95. The zero-order valence-electron chi connectivity index (χ0n) is 11.5. The average molecular weight is 316 g/mol. The molecule has 0 aliphatic carbocycles. The van der Waals surface area contributed by atoms with Crippen molar-refractivity contribution < 1.29 is 9.90 Å². The molecule has 1 unspecified atom stereocenters. The maximum absolute atomic E-state index is 12.3. The molecule has 1 amide bonds. The Bertz CT molecular complexity index is 503. The number of carbonyl (C=O) groups excluding carboxylic acids is 1. The quantitative estimate of drug-likeness (QED) is 0.909. The standard InChI is InChI=1S/C15H19Cl2NO2/c1-15(20)5-2-7-18(8-6-15)14(19)10-11-3-4-12(16)13(17)9-11/h3-4,9,20H,2,5-8,10H2,1H3. The Labute approximate surface area is 129 Å². The molecule has 20 heavy (non-hydrogen) atoms. The summed E-state index contributed by atoms with van der Waals surface area (Å²) in [5.41, 5.74) is 0.207. The third-order valence-electron chi connectivity index (χ3n) is 3.76. The number of rotatable bonds is 2. The normalized spacial score (nSPS) is 23.5. The highest BCUT2D eigenvalue weighted by molar-refractivity contribution is 6.42. The predicted molar refractivity (Wildman–Crippen MR) is 81.2 cm³/mol. The second-order valence-corrected chi connectivity index (χ2v) is 6.47. The number of hydrogen-bond donors (Lipinski definition) is 1. The summed E-state index contributed by atoms with van der Waals surface area (Å²) in [6.45, 7) is 3.14. The van der Waals surface area contributed by atoms with E-state index in [1.54, 1.807) is 12.1 Å². The van der Waals surface area contributed by atoms with Crippen molar-refractivity contribution in [3.05, 3.63) is 33.8 Å². The first-order chi connectivity index (χ1) is 9.37. The maximum Gasteiger partial charge on any atom is 0.226 e. The van der Waals surface area contributed by atoms with Crippen LogP contribution in [-0.4, -0.2) is 34.6 Å². The summed E-state index contributed by atoms with van der Waals surface area (Å²) in [5, 5.41) is 11.0. The molecule has 1 heterocycles. The first-order valence-electron chi connectivity index (χ1n) is 6.81. The molecule has 3 nitrogen and oxygen atoms in total. The van der Waals surface area contributed by atoms with E-state index in [2.05, 4.69) is 0 Å². The van der Waals surface area contributed by atoms with E-state index in [-0.39, 0.29) is 5.91 Å². The molecule has 2 rings (SSSR count). The van der Waals surface area contributed by atoms with Gasteiger partial charge in [0.1, 0.15) is 0 Å². The molecule has 1 atom stereocenters. The fraction of sp³-hybridized carbons (Fsp3) is 0.533. The molecule has 1 aromatic rings. The van der Waals surface area contributed by atoms with Gasteiger partial charge in [-0.05, 0) is 43.9 Å². The van der Waals surface area contributed by atoms with Crippen LogP contribution >= 0.6 is 23.2 Å². The van der Waals surface area contributed by atoms with Gasteiger partial charge >= 0.3 is 0 Å². The molecule has 1 saturated heterocycles. The summed E-state index contributed by atoms with van der Waals surface area (Å²) in [6, 6.07) is 5.26. The van der Waals surface area contributed by atoms with Crippen molar-refractivity contribution in [3.8, 4) is 0 Å². The van der Waals surface area contributed by atoms with E-state index in [1.165, 1.54) is 0 Å². The van der Waals surface area contributed by atoms with Crippen LogP contribution in [-0.2, 0) is 11.2 Å². The molecule has 1 aliphatic rings. The zero-order valence-corrected chi connectivity index (χ0v) is 13.0. The van der Waals surface area contributed by atoms with Crippen LogP contribution in [0.5, 0.6) is 0 Å². The van der Waals surface area contributed by atoms with Gasteiger partial charge in [0.25, 0.3) is 0 Å². The third-order valence-corrected chi connectivity index (χ3v) is 4.49. The fourth-order valence-corrected chi connectivity index (χ4v) is 2.77. The van der Waals surface area contributed by atoms with Gasteiger partial charge in [-0.1, -0.05) is 29.3 Å². The minimum atomic E-state index is -0.654. The summed E-state index contributed by atoms with van der Waals surface area (Å²) in [7, 11) is 0. The lowest BCUT2D eigenvalue weighted by Gasteiger charge is -2.22. The molecule has 1 N–H and O–H groups in total. The average Bonchev–Trinajstić information content (AvgIpc) is 2.55. The molecule has 110 valence electrons. The molecule has 0 radical (unpaired) electrons. The summed E-state index contributed by atoms with van der Waals surface area (Å²) >= 11 is 11.8. The second-order valence-electron chi connectivity index (χ2n) is 5.66. The zero-order chi connectivity index (χ0) is 14.8. The van der Waals surface area contributed by atoms with Crippen LogP contribution < -0.4 is 0 Å². The van der Waals surface area contributed by atoms with Gasteiger partial charge in [0, 0.05) is 13.1 Å². The lowest BCUT2D eigenvalue weighted by molar-refractivity contribution is -0.130. The van der Waals surface area contributed by atoms with Crippen LogP contribution in [0.4, 0.5) is 0 Å². The van der Waals surface area contributed by atoms with E-state index in [0.717, 1.165) is 18.4 Å². The number of halogens is 2. The molecular weight excluding hydrogens is 297 g/mol. The topological polar surface area (TPSA) is 40.5 Å². The Balaban J connectivity index is 1.99. The summed E-state index contributed by atoms with van der Waals surface area (Å²) < 4.78 is 0. The molecule has 0 bridgehead atoms. The highest BCUT2D eigenvalue weighted by Gasteiger charge is 2.26. The highest BCUT2D eigenvalue weighted by Crippen LogP contribution is 2.24. The predicted octanol–water partition coefficient (Wildman–Crippen LogP) is 3.30. The van der Waals surface area contributed by atoms with Crippen LogP contribution in [0.25, 0.3) is 0 Å². The van der Waals surface area contributed by atoms with E-state index in [4.69, 9.17) is 23.2 Å². The minimum Gasteiger partial charge on any atom is -0.390 e. The van der Waals surface area contributed by atoms with Gasteiger partial charge in [-0.15, -0.1) is 0 Å². The van der Waals surface area contributed by atoms with Crippen LogP contribution in [0, 0.1) is 0 Å². The number of carbonyl (C=O) groups is 1. The van der Waals surface area contributed by atoms with Gasteiger partial charge in [-0.3, -0.25) is 4.79 Å². The smallest absolute Gasteiger partial charge is 0.226 e. The van der Waals surface area contributed by atoms with E-state index in [1.807, 2.05) is 17.9 Å². The number of benzene rings is 1. The minimum absolute atomic E-state index is 0.0705. The Hall–Kier alpha value is -0.770. The molecule has 1 aromatic carbocycles. The number of amides is 1. The largest absolute Gasteiger partial charge is 0.390 e. The highest BCUT2D eigenvalue weighted by atomic mass is 35.5. The van der Waals surface area contributed by atoms with Gasteiger partial charge in [0.15, 0.2) is 0 Å². The van der Waals surface area contributed by atoms with Gasteiger partial charge in [0.2, 0.25) is 5.91 Å². The van der Waals surface area contributed by atoms with Crippen molar-refractivity contribution in [2.45, 2.75) is 38.2 Å². The maximum atomic E-state index is 12.3. The van der Waals surface area contributed by atoms with Gasteiger partial charge in [-0.2, -0.15) is 0 Å². The SMILES string of the molecule is CC1(O)CCCN(C(=O)Cc2ccc(Cl)c(Cl)c2)CC1. The van der Waals surface area contributed by atoms with Crippen molar-refractivity contribution in [2.24, 2.45) is 0 Å². The number of likely N-dealkylation sites (tertiary alicyclic amines) is 1. The number of hydrogen-bond acceptors (Lipinski definition) is 2. The lowest BCUT2D eigenvalue weighted by Crippen LogP contribution is -2.34. The third kappa shape index (κ3) is 4.11. The van der Waals surface area contributed by atoms with Crippen molar-refractivity contribution in [1.29, 1.82) is 0 Å². The Morgan fingerprint density at radius 3 is 2.75 bits per heavy atom. The lowest BCUT2D eigenvalue weighted by atomic mass is 9.98. The van der Waals surface area contributed by atoms with E-state index < -0.39 is 5.60 Å². The molecule has 0 saturated carbocycles. The van der Waals surface area contributed by atoms with Crippen molar-refractivity contribution in [1.82, 2.24) is 4.90 Å². The second kappa shape index (κ2) is 6.33. The van der Waals surface area contributed by atoms with Crippen LogP contribution in [0.2, 0.25) is 10.0 Å². The van der Waals surface area contributed by atoms with E-state index in [0.29, 0.717) is 36.0 Å². The first kappa shape index (κ1) is 15.6. The summed E-state index contributed by atoms with van der Waals surface area (Å²) in [6.07, 6.45) is 2.52. The van der Waals surface area contributed by atoms with Gasteiger partial charge in [0.05, 0.1) is 22.1 Å². The Morgan fingerprint density at radius 1 is 1.30 bits per heavy atom. The van der Waals surface area contributed by atoms with Gasteiger partial charge in [-0.25, -0.2) is 0 Å². The van der Waals surface area contributed by atoms with Crippen LogP contribution in [0.1, 0.15) is 31.7 Å². The molecule has 1 aliphatic heterocycles. The van der Waals surface area contributed by atoms with Crippen molar-refractivity contribution in [2.75, 3.05) is 13.1 Å². The molecule has 0 aromatic heterocycles. The fourth-order valence-electron chi connectivity index (χ4n) is 2.45. The first-order valence-corrected chi connectivity index (χ1v) is 7.57. The van der Waals surface area contributed by atoms with Crippen molar-refractivity contribution >= 4 is 29.1 Å². The van der Waals surface area contributed by atoms with Gasteiger partial charge < -0.3 is 10.0 Å². The van der Waals surface area contributed by atoms with Crippen molar-refractivity contribution in [3.63, 3.8) is 0 Å². The summed E-state index contributed by atoms with van der Waals surface area (Å²) in [4.78, 5) is 14.1. The van der Waals surface area contributed by atoms with E-state index in [9.17, 15) is 9.90 Å². The molecule has 1 fully saturated rings. The van der Waals surface area contributed by atoms with Crippen LogP contribution in [0.3, 0.4) is 0 Å².